The molecule has 1 aliphatic heterocycles. The molecular formula is C14H15N3O3. The minimum absolute atomic E-state index is 0.0737. The number of fused-ring (bicyclic) bond motifs is 1. The van der Waals surface area contributed by atoms with Gasteiger partial charge < -0.3 is 15.0 Å². The molecule has 0 radical (unpaired) electrons. The third-order valence-corrected chi connectivity index (χ3v) is 3.75. The van der Waals surface area contributed by atoms with Gasteiger partial charge in [-0.2, -0.15) is 0 Å². The Morgan fingerprint density at radius 3 is 3.15 bits per heavy atom. The Morgan fingerprint density at radius 2 is 2.40 bits per heavy atom. The SMILES string of the molecule is O=C(O)C1CC(=O)N(CCc2c[nH]c3ncccc23)C1. The van der Waals surface area contributed by atoms with Gasteiger partial charge in [0.2, 0.25) is 5.91 Å². The number of carbonyl (C=O) groups is 2. The van der Waals surface area contributed by atoms with E-state index in [4.69, 9.17) is 5.11 Å². The number of likely N-dealkylation sites (tertiary alicyclic amines) is 1. The lowest BCUT2D eigenvalue weighted by Crippen LogP contribution is -2.28. The van der Waals surface area contributed by atoms with Gasteiger partial charge in [0, 0.05) is 37.3 Å². The van der Waals surface area contributed by atoms with E-state index < -0.39 is 11.9 Å². The number of H-pyrrole nitrogens is 1. The maximum Gasteiger partial charge on any atom is 0.308 e. The van der Waals surface area contributed by atoms with Crippen molar-refractivity contribution in [2.45, 2.75) is 12.8 Å². The van der Waals surface area contributed by atoms with Crippen molar-refractivity contribution in [3.8, 4) is 0 Å². The van der Waals surface area contributed by atoms with Gasteiger partial charge in [-0.3, -0.25) is 9.59 Å². The van der Waals surface area contributed by atoms with Crippen molar-refractivity contribution >= 4 is 22.9 Å². The Balaban J connectivity index is 1.68. The first-order chi connectivity index (χ1) is 9.65. The maximum atomic E-state index is 11.8. The average Bonchev–Trinajstić information content (AvgIpc) is 3.00. The molecule has 0 saturated carbocycles. The Morgan fingerprint density at radius 1 is 1.55 bits per heavy atom. The predicted octanol–water partition coefficient (Wildman–Crippen LogP) is 1.04. The highest BCUT2D eigenvalue weighted by molar-refractivity contribution is 5.86. The van der Waals surface area contributed by atoms with Gasteiger partial charge in [-0.1, -0.05) is 0 Å². The molecule has 1 aliphatic rings. The van der Waals surface area contributed by atoms with Crippen molar-refractivity contribution in [2.75, 3.05) is 13.1 Å². The number of hydrogen-bond donors (Lipinski definition) is 2. The molecule has 3 heterocycles. The number of nitrogens with zero attached hydrogens (tertiary/aromatic N) is 2. The quantitative estimate of drug-likeness (QED) is 0.871. The number of aromatic amines is 1. The van der Waals surface area contributed by atoms with Crippen LogP contribution in [-0.4, -0.2) is 44.9 Å². The number of pyridine rings is 1. The van der Waals surface area contributed by atoms with Gasteiger partial charge in [-0.25, -0.2) is 4.98 Å². The standard InChI is InChI=1S/C14H15N3O3/c18-12-6-10(14(19)20)8-17(12)5-3-9-7-16-13-11(9)2-1-4-15-13/h1-2,4,7,10H,3,5-6,8H2,(H,15,16)(H,19,20). The summed E-state index contributed by atoms with van der Waals surface area (Å²) >= 11 is 0. The molecule has 6 heteroatoms. The van der Waals surface area contributed by atoms with Gasteiger partial charge in [-0.05, 0) is 24.1 Å². The largest absolute Gasteiger partial charge is 0.481 e. The fourth-order valence-electron chi connectivity index (χ4n) is 2.63. The molecular weight excluding hydrogens is 258 g/mol. The zero-order valence-corrected chi connectivity index (χ0v) is 10.9. The fraction of sp³-hybridized carbons (Fsp3) is 0.357. The van der Waals surface area contributed by atoms with Crippen LogP contribution < -0.4 is 0 Å². The van der Waals surface area contributed by atoms with Gasteiger partial charge in [0.25, 0.3) is 0 Å². The van der Waals surface area contributed by atoms with Gasteiger partial charge in [-0.15, -0.1) is 0 Å². The van der Waals surface area contributed by atoms with Crippen molar-refractivity contribution < 1.29 is 14.7 Å². The summed E-state index contributed by atoms with van der Waals surface area (Å²) in [6.07, 6.45) is 4.44. The van der Waals surface area contributed by atoms with Crippen molar-refractivity contribution in [1.82, 2.24) is 14.9 Å². The monoisotopic (exact) mass is 273 g/mol. The number of carboxylic acid groups (broad SMARTS) is 1. The first-order valence-corrected chi connectivity index (χ1v) is 6.56. The summed E-state index contributed by atoms with van der Waals surface area (Å²) in [7, 11) is 0. The van der Waals surface area contributed by atoms with Crippen LogP contribution in [0, 0.1) is 5.92 Å². The van der Waals surface area contributed by atoms with E-state index in [2.05, 4.69) is 9.97 Å². The second kappa shape index (κ2) is 4.96. The van der Waals surface area contributed by atoms with E-state index in [1.165, 1.54) is 0 Å². The van der Waals surface area contributed by atoms with Gasteiger partial charge in [0.05, 0.1) is 5.92 Å². The molecule has 1 fully saturated rings. The molecule has 0 aromatic carbocycles. The van der Waals surface area contributed by atoms with Crippen LogP contribution in [0.25, 0.3) is 11.0 Å². The average molecular weight is 273 g/mol. The van der Waals surface area contributed by atoms with Gasteiger partial charge >= 0.3 is 5.97 Å². The van der Waals surface area contributed by atoms with Crippen LogP contribution in [0.4, 0.5) is 0 Å². The molecule has 2 aromatic heterocycles. The molecule has 6 nitrogen and oxygen atoms in total. The molecule has 1 saturated heterocycles. The minimum Gasteiger partial charge on any atom is -0.481 e. The zero-order valence-electron chi connectivity index (χ0n) is 10.9. The zero-order chi connectivity index (χ0) is 14.1. The number of carbonyl (C=O) groups excluding carboxylic acids is 1. The topological polar surface area (TPSA) is 86.3 Å². The number of carboxylic acids is 1. The minimum atomic E-state index is -0.892. The summed E-state index contributed by atoms with van der Waals surface area (Å²) in [5.41, 5.74) is 1.93. The van der Waals surface area contributed by atoms with Crippen LogP contribution in [0.5, 0.6) is 0 Å². The molecule has 0 spiro atoms. The highest BCUT2D eigenvalue weighted by Gasteiger charge is 2.33. The molecule has 1 amide bonds. The van der Waals surface area contributed by atoms with Crippen LogP contribution in [0.2, 0.25) is 0 Å². The van der Waals surface area contributed by atoms with E-state index in [-0.39, 0.29) is 12.3 Å². The van der Waals surface area contributed by atoms with E-state index in [1.54, 1.807) is 11.1 Å². The van der Waals surface area contributed by atoms with Crippen LogP contribution in [-0.2, 0) is 16.0 Å². The number of amides is 1. The summed E-state index contributed by atoms with van der Waals surface area (Å²) in [4.78, 5) is 31.6. The molecule has 3 rings (SSSR count). The molecule has 20 heavy (non-hydrogen) atoms. The summed E-state index contributed by atoms with van der Waals surface area (Å²) in [6.45, 7) is 0.860. The molecule has 0 bridgehead atoms. The van der Waals surface area contributed by atoms with E-state index in [9.17, 15) is 9.59 Å². The third kappa shape index (κ3) is 2.24. The number of aliphatic carboxylic acids is 1. The van der Waals surface area contributed by atoms with Crippen LogP contribution in [0.3, 0.4) is 0 Å². The molecule has 1 unspecified atom stereocenters. The Kier molecular flexibility index (Phi) is 3.14. The molecule has 1 atom stereocenters. The summed E-state index contributed by atoms with van der Waals surface area (Å²) in [5.74, 6) is -1.53. The lowest BCUT2D eigenvalue weighted by Gasteiger charge is -2.15. The highest BCUT2D eigenvalue weighted by atomic mass is 16.4. The van der Waals surface area contributed by atoms with Crippen LogP contribution in [0.15, 0.2) is 24.5 Å². The first kappa shape index (κ1) is 12.7. The predicted molar refractivity (Wildman–Crippen MR) is 72.1 cm³/mol. The lowest BCUT2D eigenvalue weighted by molar-refractivity contribution is -0.141. The third-order valence-electron chi connectivity index (χ3n) is 3.75. The van der Waals surface area contributed by atoms with Crippen molar-refractivity contribution in [2.24, 2.45) is 5.92 Å². The van der Waals surface area contributed by atoms with E-state index in [1.807, 2.05) is 18.3 Å². The van der Waals surface area contributed by atoms with Crippen molar-refractivity contribution in [3.05, 3.63) is 30.1 Å². The Bertz CT molecular complexity index is 664. The normalized spacial score (nSPS) is 18.9. The van der Waals surface area contributed by atoms with Crippen LogP contribution >= 0.6 is 0 Å². The molecule has 0 aliphatic carbocycles. The number of nitrogens with one attached hydrogen (secondary N) is 1. The highest BCUT2D eigenvalue weighted by Crippen LogP contribution is 2.20. The van der Waals surface area contributed by atoms with Crippen molar-refractivity contribution in [3.63, 3.8) is 0 Å². The van der Waals surface area contributed by atoms with Crippen molar-refractivity contribution in [1.29, 1.82) is 0 Å². The summed E-state index contributed by atoms with van der Waals surface area (Å²) in [6, 6.07) is 3.86. The van der Waals surface area contributed by atoms with E-state index in [0.29, 0.717) is 19.5 Å². The van der Waals surface area contributed by atoms with Gasteiger partial charge in [0.1, 0.15) is 5.65 Å². The van der Waals surface area contributed by atoms with Gasteiger partial charge in [0.15, 0.2) is 0 Å². The van der Waals surface area contributed by atoms with E-state index in [0.717, 1.165) is 16.6 Å². The van der Waals surface area contributed by atoms with E-state index >= 15 is 0 Å². The molecule has 104 valence electrons. The Labute approximate surface area is 115 Å². The number of rotatable bonds is 4. The second-order valence-electron chi connectivity index (χ2n) is 5.04. The maximum absolute atomic E-state index is 11.8. The fourth-order valence-corrected chi connectivity index (χ4v) is 2.63. The number of aromatic nitrogens is 2. The van der Waals surface area contributed by atoms with Crippen LogP contribution in [0.1, 0.15) is 12.0 Å². The lowest BCUT2D eigenvalue weighted by atomic mass is 10.1. The summed E-state index contributed by atoms with van der Waals surface area (Å²) < 4.78 is 0. The second-order valence-corrected chi connectivity index (χ2v) is 5.04. The number of hydrogen-bond acceptors (Lipinski definition) is 3. The first-order valence-electron chi connectivity index (χ1n) is 6.56. The Hall–Kier alpha value is -2.37. The summed E-state index contributed by atoms with van der Waals surface area (Å²) in [5, 5.41) is 10.0. The molecule has 2 N–H and O–H groups in total. The smallest absolute Gasteiger partial charge is 0.308 e. The molecule has 2 aromatic rings.